The molecular formula is C14H22O2. The molecule has 16 heavy (non-hydrogen) atoms. The monoisotopic (exact) mass is 222 g/mol. The van der Waals surface area contributed by atoms with Gasteiger partial charge in [0.2, 0.25) is 0 Å². The maximum atomic E-state index is 12.1. The number of aliphatic hydroxyl groups is 1. The molecule has 0 heterocycles. The molecule has 0 aliphatic heterocycles. The van der Waals surface area contributed by atoms with Crippen molar-refractivity contribution in [2.75, 3.05) is 0 Å². The summed E-state index contributed by atoms with van der Waals surface area (Å²) >= 11 is 0. The van der Waals surface area contributed by atoms with Gasteiger partial charge in [-0.05, 0) is 41.9 Å². The van der Waals surface area contributed by atoms with Gasteiger partial charge in [-0.25, -0.2) is 0 Å². The molecule has 2 nitrogen and oxygen atoms in total. The second kappa shape index (κ2) is 3.10. The highest BCUT2D eigenvalue weighted by molar-refractivity contribution is 5.83. The molecule has 2 heteroatoms. The smallest absolute Gasteiger partial charge is 0.138 e. The summed E-state index contributed by atoms with van der Waals surface area (Å²) in [7, 11) is 0. The molecule has 0 aromatic heterocycles. The van der Waals surface area contributed by atoms with E-state index in [0.29, 0.717) is 35.9 Å². The van der Waals surface area contributed by atoms with E-state index < -0.39 is 0 Å². The highest BCUT2D eigenvalue weighted by atomic mass is 16.3. The summed E-state index contributed by atoms with van der Waals surface area (Å²) in [6.45, 7) is 6.83. The Morgan fingerprint density at radius 2 is 1.94 bits per heavy atom. The van der Waals surface area contributed by atoms with Crippen LogP contribution in [0.15, 0.2) is 0 Å². The number of fused-ring (bicyclic) bond motifs is 3. The van der Waals surface area contributed by atoms with Crippen LogP contribution in [0.3, 0.4) is 0 Å². The molecule has 0 saturated heterocycles. The van der Waals surface area contributed by atoms with Crippen molar-refractivity contribution in [3.05, 3.63) is 0 Å². The summed E-state index contributed by atoms with van der Waals surface area (Å²) in [4.78, 5) is 12.1. The zero-order valence-corrected chi connectivity index (χ0v) is 10.4. The van der Waals surface area contributed by atoms with Gasteiger partial charge < -0.3 is 5.11 Å². The van der Waals surface area contributed by atoms with Crippen LogP contribution in [-0.2, 0) is 4.79 Å². The van der Waals surface area contributed by atoms with E-state index in [-0.39, 0.29) is 17.4 Å². The molecule has 90 valence electrons. The number of carbonyl (C=O) groups excluding carboxylic acids is 1. The van der Waals surface area contributed by atoms with E-state index in [4.69, 9.17) is 0 Å². The van der Waals surface area contributed by atoms with Crippen LogP contribution in [-0.4, -0.2) is 17.0 Å². The van der Waals surface area contributed by atoms with E-state index in [1.165, 1.54) is 6.42 Å². The van der Waals surface area contributed by atoms with E-state index in [0.717, 1.165) is 6.42 Å². The molecule has 0 aromatic rings. The number of carbonyl (C=O) groups is 1. The minimum absolute atomic E-state index is 0.265. The zero-order valence-electron chi connectivity index (χ0n) is 10.4. The highest BCUT2D eigenvalue weighted by Gasteiger charge is 2.68. The Balaban J connectivity index is 1.96. The number of ketones is 1. The summed E-state index contributed by atoms with van der Waals surface area (Å²) in [5, 5.41) is 10.1. The maximum Gasteiger partial charge on any atom is 0.138 e. The van der Waals surface area contributed by atoms with Gasteiger partial charge >= 0.3 is 0 Å². The maximum absolute atomic E-state index is 12.1. The molecule has 0 amide bonds. The summed E-state index contributed by atoms with van der Waals surface area (Å²) in [6, 6.07) is 0. The molecule has 0 spiro atoms. The fraction of sp³-hybridized carbons (Fsp3) is 0.929. The molecule has 6 unspecified atom stereocenters. The van der Waals surface area contributed by atoms with Crippen molar-refractivity contribution in [2.24, 2.45) is 35.0 Å². The van der Waals surface area contributed by atoms with Gasteiger partial charge in [0.1, 0.15) is 5.78 Å². The lowest BCUT2D eigenvalue weighted by atomic mass is 9.81. The predicted octanol–water partition coefficient (Wildman–Crippen LogP) is 2.25. The summed E-state index contributed by atoms with van der Waals surface area (Å²) in [5.41, 5.74) is 0.266. The van der Waals surface area contributed by atoms with Crippen LogP contribution in [0, 0.1) is 35.0 Å². The summed E-state index contributed by atoms with van der Waals surface area (Å²) in [5.74, 6) is 2.81. The second-order valence-electron chi connectivity index (χ2n) is 6.85. The van der Waals surface area contributed by atoms with Gasteiger partial charge in [-0.1, -0.05) is 20.8 Å². The van der Waals surface area contributed by atoms with Gasteiger partial charge in [-0.15, -0.1) is 0 Å². The van der Waals surface area contributed by atoms with Gasteiger partial charge in [0, 0.05) is 12.3 Å². The molecule has 3 fully saturated rings. The minimum atomic E-state index is -0.370. The van der Waals surface area contributed by atoms with Crippen LogP contribution in [0.5, 0.6) is 0 Å². The van der Waals surface area contributed by atoms with Crippen molar-refractivity contribution < 1.29 is 9.90 Å². The standard InChI is InChI=1S/C14H22O2/c1-7-4-5-8-9(15)6-10(16)12-13(11(7)8)14(12,2)3/h7-8,10-13,16H,4-6H2,1-3H3. The Kier molecular flexibility index (Phi) is 2.08. The molecule has 0 bridgehead atoms. The number of rotatable bonds is 0. The van der Waals surface area contributed by atoms with E-state index in [1.807, 2.05) is 0 Å². The number of aliphatic hydroxyl groups excluding tert-OH is 1. The number of hydrogen-bond acceptors (Lipinski definition) is 2. The van der Waals surface area contributed by atoms with Gasteiger partial charge in [-0.3, -0.25) is 4.79 Å². The molecule has 3 rings (SSSR count). The van der Waals surface area contributed by atoms with Gasteiger partial charge in [0.25, 0.3) is 0 Å². The van der Waals surface area contributed by atoms with Crippen LogP contribution in [0.25, 0.3) is 0 Å². The zero-order chi connectivity index (χ0) is 11.7. The molecule has 3 saturated carbocycles. The van der Waals surface area contributed by atoms with E-state index in [2.05, 4.69) is 20.8 Å². The average molecular weight is 222 g/mol. The van der Waals surface area contributed by atoms with Gasteiger partial charge in [0.15, 0.2) is 0 Å². The van der Waals surface area contributed by atoms with Gasteiger partial charge in [-0.2, -0.15) is 0 Å². The third-order valence-electron chi connectivity index (χ3n) is 5.70. The highest BCUT2D eigenvalue weighted by Crippen LogP contribution is 2.69. The van der Waals surface area contributed by atoms with Crippen molar-refractivity contribution >= 4 is 5.78 Å². The molecular weight excluding hydrogens is 200 g/mol. The van der Waals surface area contributed by atoms with Crippen LogP contribution in [0.2, 0.25) is 0 Å². The fourth-order valence-corrected chi connectivity index (χ4v) is 4.88. The predicted molar refractivity (Wildman–Crippen MR) is 61.8 cm³/mol. The lowest BCUT2D eigenvalue weighted by Gasteiger charge is -2.23. The fourth-order valence-electron chi connectivity index (χ4n) is 4.88. The summed E-state index contributed by atoms with van der Waals surface area (Å²) in [6.07, 6.45) is 2.32. The molecule has 3 aliphatic rings. The third-order valence-corrected chi connectivity index (χ3v) is 5.70. The topological polar surface area (TPSA) is 37.3 Å². The quantitative estimate of drug-likeness (QED) is 0.682. The molecule has 3 aliphatic carbocycles. The van der Waals surface area contributed by atoms with Crippen LogP contribution >= 0.6 is 0 Å². The lowest BCUT2D eigenvalue weighted by Crippen LogP contribution is -2.25. The van der Waals surface area contributed by atoms with Crippen molar-refractivity contribution in [2.45, 2.75) is 46.1 Å². The number of hydrogen-bond donors (Lipinski definition) is 1. The Labute approximate surface area is 97.4 Å². The van der Waals surface area contributed by atoms with Crippen molar-refractivity contribution in [3.63, 3.8) is 0 Å². The average Bonchev–Trinajstić information content (AvgIpc) is 2.58. The van der Waals surface area contributed by atoms with Crippen molar-refractivity contribution in [3.8, 4) is 0 Å². The van der Waals surface area contributed by atoms with E-state index in [9.17, 15) is 9.90 Å². The molecule has 6 atom stereocenters. The van der Waals surface area contributed by atoms with Crippen LogP contribution in [0.1, 0.15) is 40.0 Å². The molecule has 1 N–H and O–H groups in total. The SMILES string of the molecule is CC1CCC2C(=O)CC(O)C3C(C12)C3(C)C. The van der Waals surface area contributed by atoms with Crippen LogP contribution in [0.4, 0.5) is 0 Å². The number of Topliss-reactive ketones (excluding diaryl/α,β-unsaturated/α-hetero) is 1. The van der Waals surface area contributed by atoms with Crippen molar-refractivity contribution in [1.29, 1.82) is 0 Å². The summed E-state index contributed by atoms with van der Waals surface area (Å²) < 4.78 is 0. The first-order valence-electron chi connectivity index (χ1n) is 6.65. The first kappa shape index (κ1) is 10.8. The largest absolute Gasteiger partial charge is 0.392 e. The van der Waals surface area contributed by atoms with E-state index in [1.54, 1.807) is 0 Å². The Morgan fingerprint density at radius 1 is 1.25 bits per heavy atom. The van der Waals surface area contributed by atoms with Gasteiger partial charge in [0.05, 0.1) is 6.10 Å². The normalized spacial score (nSPS) is 54.1. The first-order chi connectivity index (χ1) is 7.44. The molecule has 0 radical (unpaired) electrons. The Bertz CT molecular complexity index is 334. The van der Waals surface area contributed by atoms with Crippen LogP contribution < -0.4 is 0 Å². The molecule has 0 aromatic carbocycles. The lowest BCUT2D eigenvalue weighted by molar-refractivity contribution is -0.125. The van der Waals surface area contributed by atoms with E-state index >= 15 is 0 Å². The second-order valence-corrected chi connectivity index (χ2v) is 6.85. The Hall–Kier alpha value is -0.370. The third kappa shape index (κ3) is 1.20. The first-order valence-corrected chi connectivity index (χ1v) is 6.65. The van der Waals surface area contributed by atoms with Crippen molar-refractivity contribution in [1.82, 2.24) is 0 Å². The Morgan fingerprint density at radius 3 is 2.62 bits per heavy atom. The minimum Gasteiger partial charge on any atom is -0.392 e.